The molecule has 102 valence electrons. The van der Waals surface area contributed by atoms with Gasteiger partial charge >= 0.3 is 0 Å². The Balaban J connectivity index is 2.94. The minimum absolute atomic E-state index is 0.0530. The Bertz CT molecular complexity index is 298. The van der Waals surface area contributed by atoms with E-state index in [1.165, 1.54) is 0 Å². The smallest absolute Gasteiger partial charge is 0.293 e. The van der Waals surface area contributed by atoms with Crippen LogP contribution in [0.3, 0.4) is 0 Å². The molecule has 18 heavy (non-hydrogen) atoms. The van der Waals surface area contributed by atoms with Gasteiger partial charge in [-0.15, -0.1) is 11.6 Å². The van der Waals surface area contributed by atoms with E-state index < -0.39 is 30.7 Å². The number of aliphatic hydroxyl groups is 1. The number of rotatable bonds is 7. The van der Waals surface area contributed by atoms with E-state index in [1.54, 1.807) is 0 Å². The summed E-state index contributed by atoms with van der Waals surface area (Å²) < 4.78 is 18.9. The van der Waals surface area contributed by atoms with E-state index in [4.69, 9.17) is 21.1 Å². The number of aliphatic hydroxyl groups excluding tert-OH is 1. The molecule has 0 aliphatic carbocycles. The van der Waals surface area contributed by atoms with Crippen LogP contribution in [-0.2, 0) is 33.3 Å². The van der Waals surface area contributed by atoms with E-state index >= 15 is 0 Å². The Labute approximate surface area is 107 Å². The van der Waals surface area contributed by atoms with Crippen molar-refractivity contribution in [3.8, 4) is 0 Å². The Hall–Kier alpha value is -1.38. The van der Waals surface area contributed by atoms with Gasteiger partial charge in [0.25, 0.3) is 19.4 Å². The van der Waals surface area contributed by atoms with Gasteiger partial charge in [0.05, 0.1) is 5.88 Å². The van der Waals surface area contributed by atoms with Crippen LogP contribution in [0.25, 0.3) is 0 Å². The number of carbonyl (C=O) groups is 3. The summed E-state index contributed by atoms with van der Waals surface area (Å²) in [7, 11) is 0. The Morgan fingerprint density at radius 2 is 1.50 bits per heavy atom. The maximum Gasteiger partial charge on any atom is 0.293 e. The van der Waals surface area contributed by atoms with Crippen LogP contribution in [0, 0.1) is 0 Å². The van der Waals surface area contributed by atoms with Crippen molar-refractivity contribution >= 4 is 31.0 Å². The summed E-state index contributed by atoms with van der Waals surface area (Å²) >= 11 is 5.58. The topological polar surface area (TPSA) is 108 Å². The van der Waals surface area contributed by atoms with Crippen molar-refractivity contribution < 1.29 is 38.4 Å². The van der Waals surface area contributed by atoms with Crippen molar-refractivity contribution in [2.24, 2.45) is 0 Å². The number of carbonyl (C=O) groups excluding carboxylic acids is 3. The van der Waals surface area contributed by atoms with E-state index in [1.807, 2.05) is 0 Å². The Morgan fingerprint density at radius 3 is 2.00 bits per heavy atom. The molecule has 1 aliphatic rings. The fraction of sp³-hybridized carbons (Fsp3) is 0.667. The highest BCUT2D eigenvalue weighted by Crippen LogP contribution is 2.26. The molecule has 0 amide bonds. The Morgan fingerprint density at radius 1 is 1.00 bits per heavy atom. The summed E-state index contributed by atoms with van der Waals surface area (Å²) in [5, 5.41) is 9.58. The van der Waals surface area contributed by atoms with Crippen molar-refractivity contribution in [3.63, 3.8) is 0 Å². The van der Waals surface area contributed by atoms with E-state index in [0.29, 0.717) is 0 Å². The van der Waals surface area contributed by atoms with Crippen molar-refractivity contribution in [3.05, 3.63) is 0 Å². The normalized spacial score (nSPS) is 35.3. The number of alkyl halides is 1. The second-order valence-corrected chi connectivity index (χ2v) is 3.62. The molecule has 1 rings (SSSR count). The number of hydrogen-bond donors (Lipinski definition) is 1. The monoisotopic (exact) mass is 282 g/mol. The first-order valence-electron chi connectivity index (χ1n) is 4.86. The Kier molecular flexibility index (Phi) is 5.83. The molecule has 1 N–H and O–H groups in total. The molecule has 0 saturated carbocycles. The van der Waals surface area contributed by atoms with Gasteiger partial charge in [0, 0.05) is 0 Å². The molecule has 0 radical (unpaired) electrons. The number of hydrogen-bond acceptors (Lipinski definition) is 8. The van der Waals surface area contributed by atoms with Crippen LogP contribution in [0.4, 0.5) is 0 Å². The van der Waals surface area contributed by atoms with Gasteiger partial charge in [-0.2, -0.15) is 0 Å². The van der Waals surface area contributed by atoms with Crippen LogP contribution in [0.2, 0.25) is 0 Å². The number of halogens is 1. The summed E-state index contributed by atoms with van der Waals surface area (Å²) in [5.41, 5.74) is 0. The lowest BCUT2D eigenvalue weighted by molar-refractivity contribution is -0.281. The molecule has 0 aromatic heterocycles. The molecule has 5 atom stereocenters. The molecule has 0 bridgehead atoms. The summed E-state index contributed by atoms with van der Waals surface area (Å²) in [6.07, 6.45) is -6.04. The van der Waals surface area contributed by atoms with Crippen LogP contribution < -0.4 is 0 Å². The quantitative estimate of drug-likeness (QED) is 0.344. The zero-order valence-corrected chi connectivity index (χ0v) is 9.76. The van der Waals surface area contributed by atoms with Gasteiger partial charge in [0.1, 0.15) is 6.10 Å². The lowest BCUT2D eigenvalue weighted by Crippen LogP contribution is -2.60. The first kappa shape index (κ1) is 14.7. The molecular formula is C9H11ClO8. The lowest BCUT2D eigenvalue weighted by atomic mass is 9.99. The van der Waals surface area contributed by atoms with Gasteiger partial charge < -0.3 is 24.1 Å². The van der Waals surface area contributed by atoms with E-state index in [0.717, 1.165) is 0 Å². The van der Waals surface area contributed by atoms with Crippen LogP contribution in [0.5, 0.6) is 0 Å². The predicted octanol–water partition coefficient (Wildman–Crippen LogP) is -1.43. The lowest BCUT2D eigenvalue weighted by Gasteiger charge is -2.40. The third-order valence-corrected chi connectivity index (χ3v) is 2.70. The highest BCUT2D eigenvalue weighted by Gasteiger charge is 2.49. The van der Waals surface area contributed by atoms with Crippen LogP contribution >= 0.6 is 11.6 Å². The van der Waals surface area contributed by atoms with E-state index in [9.17, 15) is 19.5 Å². The van der Waals surface area contributed by atoms with Gasteiger partial charge in [-0.3, -0.25) is 14.4 Å². The summed E-state index contributed by atoms with van der Waals surface area (Å²) in [5.74, 6) is -0.123. The molecule has 9 heteroatoms. The fourth-order valence-corrected chi connectivity index (χ4v) is 1.92. The van der Waals surface area contributed by atoms with E-state index in [-0.39, 0.29) is 25.3 Å². The molecule has 0 aromatic rings. The van der Waals surface area contributed by atoms with Crippen molar-refractivity contribution in [1.29, 1.82) is 0 Å². The maximum atomic E-state index is 10.4. The molecule has 1 saturated heterocycles. The van der Waals surface area contributed by atoms with Gasteiger partial charge in [-0.05, 0) is 0 Å². The largest absolute Gasteiger partial charge is 0.458 e. The first-order valence-corrected chi connectivity index (χ1v) is 5.39. The van der Waals surface area contributed by atoms with Gasteiger partial charge in [-0.25, -0.2) is 0 Å². The number of ether oxygens (including phenoxy) is 4. The molecule has 1 heterocycles. The molecule has 8 nitrogen and oxygen atoms in total. The minimum atomic E-state index is -1.55. The highest BCUT2D eigenvalue weighted by molar-refractivity contribution is 6.18. The molecule has 1 fully saturated rings. The average molecular weight is 283 g/mol. The standard InChI is InChI=1S/C9H11ClO8/c10-1-5-6(15-2-11)7(16-3-12)8(17-4-13)9(14)18-5/h2-9,14H,1H2/t5-,6-,7+,8+,9+/m1/s1. The fourth-order valence-electron chi connectivity index (χ4n) is 1.68. The molecular weight excluding hydrogens is 272 g/mol. The summed E-state index contributed by atoms with van der Waals surface area (Å²) in [6, 6.07) is 0. The third-order valence-electron chi connectivity index (χ3n) is 2.40. The highest BCUT2D eigenvalue weighted by atomic mass is 35.5. The van der Waals surface area contributed by atoms with Crippen LogP contribution in [0.1, 0.15) is 0 Å². The molecule has 0 unspecified atom stereocenters. The van der Waals surface area contributed by atoms with Gasteiger partial charge in [-0.1, -0.05) is 0 Å². The third kappa shape index (κ3) is 3.09. The minimum Gasteiger partial charge on any atom is -0.458 e. The zero-order chi connectivity index (χ0) is 13.5. The van der Waals surface area contributed by atoms with Crippen molar-refractivity contribution in [2.45, 2.75) is 30.7 Å². The molecule has 0 aromatic carbocycles. The molecule has 1 aliphatic heterocycles. The van der Waals surface area contributed by atoms with E-state index in [2.05, 4.69) is 9.47 Å². The van der Waals surface area contributed by atoms with Gasteiger partial charge in [0.15, 0.2) is 24.6 Å². The predicted molar refractivity (Wildman–Crippen MR) is 54.4 cm³/mol. The van der Waals surface area contributed by atoms with Gasteiger partial charge in [0.2, 0.25) is 0 Å². The second-order valence-electron chi connectivity index (χ2n) is 3.31. The zero-order valence-electron chi connectivity index (χ0n) is 9.01. The van der Waals surface area contributed by atoms with Crippen LogP contribution in [0.15, 0.2) is 0 Å². The average Bonchev–Trinajstić information content (AvgIpc) is 2.36. The first-order chi connectivity index (χ1) is 8.69. The van der Waals surface area contributed by atoms with Crippen LogP contribution in [-0.4, -0.2) is 61.1 Å². The maximum absolute atomic E-state index is 10.4. The summed E-state index contributed by atoms with van der Waals surface area (Å²) in [6.45, 7) is 0.248. The second kappa shape index (κ2) is 7.14. The van der Waals surface area contributed by atoms with Crippen molar-refractivity contribution in [1.82, 2.24) is 0 Å². The van der Waals surface area contributed by atoms with Crippen molar-refractivity contribution in [2.75, 3.05) is 5.88 Å². The summed E-state index contributed by atoms with van der Waals surface area (Å²) in [4.78, 5) is 31.1. The molecule has 0 spiro atoms. The SMILES string of the molecule is O=CO[C@@H]1[C@H](OC=O)[C@@H](O)O[C@H](CCl)[C@H]1OC=O.